The number of nitriles is 1. The topological polar surface area (TPSA) is 85.0 Å². The molecule has 0 aromatic carbocycles. The molecule has 0 amide bonds. The largest absolute Gasteiger partial charge is 0.324 e. The Balaban J connectivity index is 2.68. The van der Waals surface area contributed by atoms with Gasteiger partial charge in [-0.2, -0.15) is 18.4 Å². The molecule has 0 bridgehead atoms. The van der Waals surface area contributed by atoms with Crippen LogP contribution in [-0.4, -0.2) is 24.4 Å². The molecule has 0 N–H and O–H groups in total. The van der Waals surface area contributed by atoms with Gasteiger partial charge in [0.05, 0.1) is 18.0 Å². The first-order valence-corrected chi connectivity index (χ1v) is 6.09. The molecule has 0 aliphatic rings. The van der Waals surface area contributed by atoms with E-state index in [9.17, 15) is 8.42 Å². The Kier molecular flexibility index (Phi) is 2.29. The molecule has 6 nitrogen and oxygen atoms in total. The van der Waals surface area contributed by atoms with Crippen LogP contribution in [0.15, 0.2) is 24.5 Å². The predicted molar refractivity (Wildman–Crippen MR) is 55.9 cm³/mol. The molecule has 0 aliphatic carbocycles. The monoisotopic (exact) mass is 237 g/mol. The first kappa shape index (κ1) is 10.4. The fourth-order valence-corrected chi connectivity index (χ4v) is 1.73. The lowest BCUT2D eigenvalue weighted by molar-refractivity contribution is 0.294. The van der Waals surface area contributed by atoms with E-state index in [4.69, 9.17) is 5.26 Å². The summed E-state index contributed by atoms with van der Waals surface area (Å²) >= 11 is 0. The second kappa shape index (κ2) is 3.50. The lowest BCUT2D eigenvalue weighted by Gasteiger charge is -2.02. The fraction of sp³-hybridized carbons (Fsp3) is 0.111. The van der Waals surface area contributed by atoms with Crippen LogP contribution in [0.5, 0.6) is 0 Å². The van der Waals surface area contributed by atoms with Gasteiger partial charge in [-0.1, -0.05) is 0 Å². The minimum absolute atomic E-state index is 0.296. The summed E-state index contributed by atoms with van der Waals surface area (Å²) < 4.78 is 27.6. The van der Waals surface area contributed by atoms with Crippen molar-refractivity contribution in [2.45, 2.75) is 0 Å². The van der Waals surface area contributed by atoms with Crippen LogP contribution in [0, 0.1) is 11.3 Å². The number of aromatic nitrogens is 2. The average molecular weight is 237 g/mol. The maximum atomic E-state index is 11.0. The maximum absolute atomic E-state index is 11.0. The second-order valence-electron chi connectivity index (χ2n) is 3.13. The van der Waals surface area contributed by atoms with Crippen molar-refractivity contribution in [3.8, 4) is 6.07 Å². The van der Waals surface area contributed by atoms with Gasteiger partial charge < -0.3 is 0 Å². The Bertz CT molecular complexity index is 682. The van der Waals surface area contributed by atoms with Gasteiger partial charge in [-0.15, -0.1) is 0 Å². The molecule has 2 rings (SSSR count). The summed E-state index contributed by atoms with van der Waals surface area (Å²) in [6.45, 7) is 0. The lowest BCUT2D eigenvalue weighted by Crippen LogP contribution is -2.17. The van der Waals surface area contributed by atoms with Crippen LogP contribution < -0.4 is 4.28 Å². The first-order chi connectivity index (χ1) is 7.51. The molecular formula is C9H7N3O3S. The molecule has 0 aliphatic heterocycles. The van der Waals surface area contributed by atoms with Gasteiger partial charge in [-0.25, -0.2) is 4.98 Å². The van der Waals surface area contributed by atoms with E-state index in [1.54, 1.807) is 12.1 Å². The standard InChI is InChI=1S/C9H7N3O3S/c1-16(13,14)15-12-6-7(5-10)8-3-2-4-11-9(8)12/h2-4,6H,1H3. The van der Waals surface area contributed by atoms with E-state index in [2.05, 4.69) is 9.27 Å². The molecule has 0 atom stereocenters. The smallest absolute Gasteiger partial charge is 0.286 e. The fourth-order valence-electron chi connectivity index (χ4n) is 1.32. The van der Waals surface area contributed by atoms with Crippen LogP contribution in [0.3, 0.4) is 0 Å². The van der Waals surface area contributed by atoms with Crippen LogP contribution in [0.2, 0.25) is 0 Å². The van der Waals surface area contributed by atoms with Gasteiger partial charge in [0.2, 0.25) is 0 Å². The van der Waals surface area contributed by atoms with Crippen LogP contribution in [0.4, 0.5) is 0 Å². The van der Waals surface area contributed by atoms with Gasteiger partial charge in [-0.3, -0.25) is 4.28 Å². The normalized spacial score (nSPS) is 11.2. The summed E-state index contributed by atoms with van der Waals surface area (Å²) in [6, 6.07) is 5.27. The predicted octanol–water partition coefficient (Wildman–Crippen LogP) is 0.296. The van der Waals surface area contributed by atoms with Crippen molar-refractivity contribution in [3.05, 3.63) is 30.1 Å². The molecule has 7 heteroatoms. The number of rotatable bonds is 2. The van der Waals surface area contributed by atoms with Crippen LogP contribution >= 0.6 is 0 Å². The van der Waals surface area contributed by atoms with Gasteiger partial charge in [-0.05, 0) is 12.1 Å². The molecule has 0 spiro atoms. The quantitative estimate of drug-likeness (QED) is 0.749. The van der Waals surface area contributed by atoms with E-state index in [0.717, 1.165) is 11.0 Å². The van der Waals surface area contributed by atoms with Gasteiger partial charge in [0.15, 0.2) is 5.65 Å². The average Bonchev–Trinajstić information content (AvgIpc) is 2.55. The molecule has 82 valence electrons. The molecule has 0 unspecified atom stereocenters. The second-order valence-corrected chi connectivity index (χ2v) is 4.69. The van der Waals surface area contributed by atoms with Crippen molar-refractivity contribution in [1.82, 2.24) is 9.71 Å². The Labute approximate surface area is 91.8 Å². The summed E-state index contributed by atoms with van der Waals surface area (Å²) in [5.41, 5.74) is 0.608. The summed E-state index contributed by atoms with van der Waals surface area (Å²) in [5, 5.41) is 9.40. The molecule has 2 heterocycles. The number of pyridine rings is 1. The third-order valence-electron chi connectivity index (χ3n) is 1.87. The Hall–Kier alpha value is -2.07. The van der Waals surface area contributed by atoms with E-state index in [0.29, 0.717) is 16.6 Å². The summed E-state index contributed by atoms with van der Waals surface area (Å²) in [6.07, 6.45) is 3.71. The minimum Gasteiger partial charge on any atom is -0.286 e. The van der Waals surface area contributed by atoms with Gasteiger partial charge in [0, 0.05) is 11.6 Å². The Morgan fingerprint density at radius 3 is 2.94 bits per heavy atom. The van der Waals surface area contributed by atoms with Crippen molar-refractivity contribution in [3.63, 3.8) is 0 Å². The molecule has 2 aromatic heterocycles. The van der Waals surface area contributed by atoms with Crippen molar-refractivity contribution in [2.75, 3.05) is 6.26 Å². The number of nitrogens with zero attached hydrogens (tertiary/aromatic N) is 3. The molecular weight excluding hydrogens is 230 g/mol. The van der Waals surface area contributed by atoms with Gasteiger partial charge in [0.25, 0.3) is 0 Å². The zero-order valence-corrected chi connectivity index (χ0v) is 9.10. The highest BCUT2D eigenvalue weighted by molar-refractivity contribution is 7.86. The van der Waals surface area contributed by atoms with E-state index < -0.39 is 10.1 Å². The molecule has 0 saturated heterocycles. The summed E-state index contributed by atoms with van der Waals surface area (Å²) in [7, 11) is -3.65. The van der Waals surface area contributed by atoms with E-state index >= 15 is 0 Å². The number of hydrogen-bond donors (Lipinski definition) is 0. The first-order valence-electron chi connectivity index (χ1n) is 4.27. The Morgan fingerprint density at radius 2 is 2.31 bits per heavy atom. The third-order valence-corrected chi connectivity index (χ3v) is 2.30. The third kappa shape index (κ3) is 1.83. The number of fused-ring (bicyclic) bond motifs is 1. The highest BCUT2D eigenvalue weighted by Crippen LogP contribution is 2.17. The van der Waals surface area contributed by atoms with Crippen molar-refractivity contribution < 1.29 is 12.7 Å². The summed E-state index contributed by atoms with van der Waals surface area (Å²) in [5.74, 6) is 0. The summed E-state index contributed by atoms with van der Waals surface area (Å²) in [4.78, 5) is 3.96. The zero-order chi connectivity index (χ0) is 11.8. The minimum atomic E-state index is -3.65. The Morgan fingerprint density at radius 1 is 1.56 bits per heavy atom. The SMILES string of the molecule is CS(=O)(=O)On1cc(C#N)c2cccnc21. The molecule has 2 aromatic rings. The van der Waals surface area contributed by atoms with Crippen molar-refractivity contribution in [2.24, 2.45) is 0 Å². The molecule has 0 saturated carbocycles. The van der Waals surface area contributed by atoms with Crippen molar-refractivity contribution in [1.29, 1.82) is 5.26 Å². The molecule has 0 radical (unpaired) electrons. The highest BCUT2D eigenvalue weighted by atomic mass is 32.2. The van der Waals surface area contributed by atoms with Crippen molar-refractivity contribution >= 4 is 21.2 Å². The van der Waals surface area contributed by atoms with Gasteiger partial charge in [0.1, 0.15) is 6.07 Å². The van der Waals surface area contributed by atoms with E-state index in [-0.39, 0.29) is 0 Å². The lowest BCUT2D eigenvalue weighted by atomic mass is 10.2. The van der Waals surface area contributed by atoms with E-state index in [1.807, 2.05) is 6.07 Å². The molecule has 0 fully saturated rings. The van der Waals surface area contributed by atoms with E-state index in [1.165, 1.54) is 12.4 Å². The van der Waals surface area contributed by atoms with Crippen LogP contribution in [-0.2, 0) is 10.1 Å². The zero-order valence-electron chi connectivity index (χ0n) is 8.28. The molecule has 16 heavy (non-hydrogen) atoms. The van der Waals surface area contributed by atoms with Crippen LogP contribution in [0.25, 0.3) is 11.0 Å². The van der Waals surface area contributed by atoms with Crippen LogP contribution in [0.1, 0.15) is 5.56 Å². The highest BCUT2D eigenvalue weighted by Gasteiger charge is 2.12. The number of hydrogen-bond acceptors (Lipinski definition) is 5. The van der Waals surface area contributed by atoms with Gasteiger partial charge >= 0.3 is 10.1 Å². The maximum Gasteiger partial charge on any atom is 0.324 e.